The Hall–Kier alpha value is -1.80. The molecule has 2 bridgehead atoms. The summed E-state index contributed by atoms with van der Waals surface area (Å²) in [7, 11) is 0. The van der Waals surface area contributed by atoms with Gasteiger partial charge in [0.05, 0.1) is 15.1 Å². The summed E-state index contributed by atoms with van der Waals surface area (Å²) in [6.07, 6.45) is 7.55. The molecular weight excluding hydrogens is 497 g/mol. The van der Waals surface area contributed by atoms with Gasteiger partial charge in [-0.25, -0.2) is 0 Å². The Morgan fingerprint density at radius 2 is 2.03 bits per heavy atom. The van der Waals surface area contributed by atoms with Crippen molar-refractivity contribution in [2.24, 2.45) is 17.8 Å². The van der Waals surface area contributed by atoms with E-state index in [1.807, 2.05) is 24.0 Å². The lowest BCUT2D eigenvalue weighted by molar-refractivity contribution is -0.116. The van der Waals surface area contributed by atoms with Gasteiger partial charge in [-0.2, -0.15) is 0 Å². The van der Waals surface area contributed by atoms with Gasteiger partial charge in [0, 0.05) is 34.1 Å². The van der Waals surface area contributed by atoms with E-state index in [9.17, 15) is 9.59 Å². The van der Waals surface area contributed by atoms with Gasteiger partial charge in [-0.15, -0.1) is 11.8 Å². The number of carbonyl (C=O) groups excluding carboxylic acids is 1. The van der Waals surface area contributed by atoms with E-state index in [0.29, 0.717) is 38.7 Å². The number of thiazole rings is 1. The number of fused-ring (bicyclic) bond motifs is 6. The van der Waals surface area contributed by atoms with Crippen LogP contribution < -0.4 is 10.2 Å². The molecule has 0 radical (unpaired) electrons. The molecule has 3 heterocycles. The van der Waals surface area contributed by atoms with Gasteiger partial charge in [-0.1, -0.05) is 40.6 Å². The zero-order chi connectivity index (χ0) is 22.7. The Morgan fingerprint density at radius 1 is 1.18 bits per heavy atom. The molecule has 170 valence electrons. The van der Waals surface area contributed by atoms with E-state index >= 15 is 0 Å². The van der Waals surface area contributed by atoms with Crippen LogP contribution in [0.3, 0.4) is 0 Å². The van der Waals surface area contributed by atoms with Crippen molar-refractivity contribution in [3.05, 3.63) is 72.9 Å². The topological polar surface area (TPSA) is 64.0 Å². The molecule has 1 aliphatic heterocycles. The number of halogens is 2. The van der Waals surface area contributed by atoms with Crippen LogP contribution in [0.5, 0.6) is 0 Å². The molecule has 3 aromatic rings. The molecule has 5 atom stereocenters. The number of thioether (sulfide) groups is 1. The van der Waals surface area contributed by atoms with Crippen LogP contribution in [0.15, 0.2) is 52.5 Å². The molecule has 1 aromatic carbocycles. The normalized spacial score (nSPS) is 27.3. The van der Waals surface area contributed by atoms with E-state index < -0.39 is 0 Å². The first-order chi connectivity index (χ1) is 16.0. The van der Waals surface area contributed by atoms with Crippen LogP contribution in [0.4, 0.5) is 5.69 Å². The zero-order valence-electron chi connectivity index (χ0n) is 17.5. The van der Waals surface area contributed by atoms with Gasteiger partial charge in [-0.3, -0.25) is 19.1 Å². The van der Waals surface area contributed by atoms with Crippen LogP contribution in [0.25, 0.3) is 0 Å². The number of benzene rings is 1. The molecular formula is C24H21Cl2N3O2S2. The number of hydrogen-bond acceptors (Lipinski definition) is 5. The predicted octanol–water partition coefficient (Wildman–Crippen LogP) is 5.90. The van der Waals surface area contributed by atoms with Crippen molar-refractivity contribution in [1.82, 2.24) is 9.55 Å². The van der Waals surface area contributed by atoms with Gasteiger partial charge in [-0.05, 0) is 66.8 Å². The number of nitrogens with zero attached hydrogens (tertiary/aromatic N) is 2. The minimum absolute atomic E-state index is 0.0246. The Labute approximate surface area is 209 Å². The van der Waals surface area contributed by atoms with Gasteiger partial charge in [0.2, 0.25) is 5.91 Å². The number of hydrogen-bond donors (Lipinski definition) is 1. The molecule has 1 N–H and O–H groups in total. The minimum atomic E-state index is -0.260. The lowest BCUT2D eigenvalue weighted by Gasteiger charge is -2.40. The zero-order valence-corrected chi connectivity index (χ0v) is 20.7. The van der Waals surface area contributed by atoms with Crippen LogP contribution in [0, 0.1) is 17.8 Å². The summed E-state index contributed by atoms with van der Waals surface area (Å²) >= 11 is 15.2. The maximum atomic E-state index is 13.1. The van der Waals surface area contributed by atoms with E-state index in [4.69, 9.17) is 23.2 Å². The first-order valence-corrected chi connectivity index (χ1v) is 13.5. The SMILES string of the molecule is O=C(Cn1c2c(sc1=O)[C@@H](c1cccnc1)C1C3CCC(C3)C1S2)Nc1ccc(Cl)c(Cl)c1. The Kier molecular flexibility index (Phi) is 5.56. The number of pyridine rings is 1. The fraction of sp³-hybridized carbons (Fsp3) is 0.375. The summed E-state index contributed by atoms with van der Waals surface area (Å²) in [6.45, 7) is -0.0246. The van der Waals surface area contributed by atoms with Gasteiger partial charge in [0.25, 0.3) is 0 Å². The quantitative estimate of drug-likeness (QED) is 0.467. The number of anilines is 1. The molecule has 2 aromatic heterocycles. The molecule has 33 heavy (non-hydrogen) atoms. The van der Waals surface area contributed by atoms with Gasteiger partial charge >= 0.3 is 4.87 Å². The van der Waals surface area contributed by atoms with Crippen molar-refractivity contribution in [3.63, 3.8) is 0 Å². The fourth-order valence-electron chi connectivity index (χ4n) is 5.94. The van der Waals surface area contributed by atoms with Gasteiger partial charge in [0.1, 0.15) is 6.54 Å². The first-order valence-electron chi connectivity index (χ1n) is 11.0. The van der Waals surface area contributed by atoms with Crippen LogP contribution >= 0.6 is 46.3 Å². The summed E-state index contributed by atoms with van der Waals surface area (Å²) < 4.78 is 1.66. The average molecular weight is 518 g/mol. The standard InChI is InChI=1S/C24H21Cl2N3O2S2/c25-16-6-5-15(9-17(16)26)28-18(30)11-29-23-22(33-24(29)31)20(14-2-1-7-27-10-14)19-12-3-4-13(8-12)21(19)32-23/h1-2,5-7,9-10,12-13,19-21H,3-4,8,11H2,(H,28,30)/t12?,13?,19?,20-,21?/m0/s1. The maximum absolute atomic E-state index is 13.1. The lowest BCUT2D eigenvalue weighted by atomic mass is 9.75. The summed E-state index contributed by atoms with van der Waals surface area (Å²) in [6, 6.07) is 9.06. The van der Waals surface area contributed by atoms with Gasteiger partial charge < -0.3 is 5.32 Å². The summed E-state index contributed by atoms with van der Waals surface area (Å²) in [5.41, 5.74) is 1.73. The predicted molar refractivity (Wildman–Crippen MR) is 134 cm³/mol. The third-order valence-electron chi connectivity index (χ3n) is 7.24. The van der Waals surface area contributed by atoms with Gasteiger partial charge in [0.15, 0.2) is 0 Å². The molecule has 0 saturated heterocycles. The number of rotatable bonds is 4. The number of nitrogens with one attached hydrogen (secondary N) is 1. The third-order valence-corrected chi connectivity index (χ3v) is 10.8. The highest BCUT2D eigenvalue weighted by Crippen LogP contribution is 2.63. The van der Waals surface area contributed by atoms with E-state index in [-0.39, 0.29) is 23.2 Å². The molecule has 4 unspecified atom stereocenters. The van der Waals surface area contributed by atoms with Crippen LogP contribution in [-0.4, -0.2) is 20.7 Å². The summed E-state index contributed by atoms with van der Waals surface area (Å²) in [5.74, 6) is 1.83. The second-order valence-electron chi connectivity index (χ2n) is 9.06. The second kappa shape index (κ2) is 8.45. The molecule has 3 aliphatic rings. The van der Waals surface area contributed by atoms with E-state index in [1.54, 1.807) is 29.0 Å². The van der Waals surface area contributed by atoms with E-state index in [0.717, 1.165) is 9.90 Å². The van der Waals surface area contributed by atoms with E-state index in [1.165, 1.54) is 36.2 Å². The number of carbonyl (C=O) groups is 1. The highest BCUT2D eigenvalue weighted by molar-refractivity contribution is 8.00. The highest BCUT2D eigenvalue weighted by atomic mass is 35.5. The smallest absolute Gasteiger partial charge is 0.308 e. The van der Waals surface area contributed by atoms with Crippen molar-refractivity contribution >= 4 is 57.9 Å². The van der Waals surface area contributed by atoms with Crippen molar-refractivity contribution in [3.8, 4) is 0 Å². The Bertz CT molecular complexity index is 1290. The van der Waals surface area contributed by atoms with E-state index in [2.05, 4.69) is 16.4 Å². The van der Waals surface area contributed by atoms with Crippen LogP contribution in [0.1, 0.15) is 35.6 Å². The second-order valence-corrected chi connectivity index (χ2v) is 12.0. The summed E-state index contributed by atoms with van der Waals surface area (Å²) in [5, 5.41) is 5.08. The minimum Gasteiger partial charge on any atom is -0.324 e. The fourth-order valence-corrected chi connectivity index (χ4v) is 9.39. The van der Waals surface area contributed by atoms with Crippen molar-refractivity contribution in [2.75, 3.05) is 5.32 Å². The van der Waals surface area contributed by atoms with Crippen molar-refractivity contribution in [1.29, 1.82) is 0 Å². The molecule has 2 aliphatic carbocycles. The average Bonchev–Trinajstić information content (AvgIpc) is 3.50. The molecule has 5 nitrogen and oxygen atoms in total. The van der Waals surface area contributed by atoms with Crippen molar-refractivity contribution < 1.29 is 4.79 Å². The molecule has 0 spiro atoms. The third kappa shape index (κ3) is 3.73. The molecule has 9 heteroatoms. The molecule has 6 rings (SSSR count). The lowest BCUT2D eigenvalue weighted by Crippen LogP contribution is -2.34. The van der Waals surface area contributed by atoms with Crippen molar-refractivity contribution in [2.45, 2.75) is 42.0 Å². The Balaban J connectivity index is 1.35. The van der Waals surface area contributed by atoms with Crippen LogP contribution in [-0.2, 0) is 11.3 Å². The monoisotopic (exact) mass is 517 g/mol. The Morgan fingerprint density at radius 3 is 2.82 bits per heavy atom. The molecule has 1 amide bonds. The molecule has 2 fully saturated rings. The highest BCUT2D eigenvalue weighted by Gasteiger charge is 2.55. The number of amides is 1. The largest absolute Gasteiger partial charge is 0.324 e. The first kappa shape index (κ1) is 21.7. The number of aromatic nitrogens is 2. The maximum Gasteiger partial charge on any atom is 0.308 e. The molecule has 2 saturated carbocycles. The summed E-state index contributed by atoms with van der Waals surface area (Å²) in [4.78, 5) is 31.3. The van der Waals surface area contributed by atoms with Crippen LogP contribution in [0.2, 0.25) is 10.0 Å².